The first-order valence-electron chi connectivity index (χ1n) is 9.80. The van der Waals surface area contributed by atoms with E-state index in [-0.39, 0.29) is 35.9 Å². The van der Waals surface area contributed by atoms with Crippen molar-refractivity contribution in [2.75, 3.05) is 21.1 Å². The molecule has 30 heavy (non-hydrogen) atoms. The fraction of sp³-hybridized carbons (Fsp3) is 0.619. The number of rotatable bonds is 10. The molecule has 1 N–H and O–H groups in total. The lowest BCUT2D eigenvalue weighted by Gasteiger charge is -2.34. The third-order valence-corrected chi connectivity index (χ3v) is 5.83. The molecular formula is C21H31N3O5S. The van der Waals surface area contributed by atoms with Crippen molar-refractivity contribution >= 4 is 29.3 Å². The number of carboxylic acid groups (broad SMARTS) is 1. The summed E-state index contributed by atoms with van der Waals surface area (Å²) in [6, 6.07) is -0.259. The van der Waals surface area contributed by atoms with Gasteiger partial charge in [-0.1, -0.05) is 20.8 Å². The van der Waals surface area contributed by atoms with Gasteiger partial charge in [0.1, 0.15) is 5.01 Å². The van der Waals surface area contributed by atoms with Gasteiger partial charge >= 0.3 is 12.1 Å². The van der Waals surface area contributed by atoms with E-state index in [1.807, 2.05) is 20.8 Å². The van der Waals surface area contributed by atoms with Crippen LogP contribution < -0.4 is 0 Å². The number of carbonyl (C=O) groups excluding carboxylic acids is 2. The Morgan fingerprint density at radius 3 is 2.37 bits per heavy atom. The molecule has 3 atom stereocenters. The lowest BCUT2D eigenvalue weighted by molar-refractivity contribution is -0.134. The van der Waals surface area contributed by atoms with Crippen LogP contribution in [0.15, 0.2) is 5.38 Å². The second-order valence-corrected chi connectivity index (χ2v) is 8.56. The van der Waals surface area contributed by atoms with Gasteiger partial charge in [-0.05, 0) is 12.3 Å². The summed E-state index contributed by atoms with van der Waals surface area (Å²) in [5, 5.41) is 11.0. The van der Waals surface area contributed by atoms with Gasteiger partial charge in [-0.3, -0.25) is 4.79 Å². The predicted molar refractivity (Wildman–Crippen MR) is 115 cm³/mol. The van der Waals surface area contributed by atoms with Gasteiger partial charge in [-0.2, -0.15) is 0 Å². The number of carbonyl (C=O) groups is 3. The summed E-state index contributed by atoms with van der Waals surface area (Å²) in [5.41, 5.74) is -0.105. The number of aromatic carboxylic acids is 1. The van der Waals surface area contributed by atoms with Crippen LogP contribution in [0.4, 0.5) is 4.79 Å². The topological polar surface area (TPSA) is 100 Å². The minimum Gasteiger partial charge on any atom is -0.476 e. The first kappa shape index (κ1) is 25.4. The summed E-state index contributed by atoms with van der Waals surface area (Å²) in [7, 11) is 4.83. The van der Waals surface area contributed by atoms with Crippen LogP contribution in [0.25, 0.3) is 0 Å². The smallest absolute Gasteiger partial charge is 0.409 e. The van der Waals surface area contributed by atoms with Crippen molar-refractivity contribution < 1.29 is 24.2 Å². The zero-order valence-corrected chi connectivity index (χ0v) is 19.2. The number of nitrogens with zero attached hydrogens (tertiary/aromatic N) is 3. The van der Waals surface area contributed by atoms with Crippen LogP contribution in [0.2, 0.25) is 0 Å². The molecule has 0 saturated heterocycles. The summed E-state index contributed by atoms with van der Waals surface area (Å²) in [6.07, 6.45) is 5.39. The Morgan fingerprint density at radius 1 is 1.30 bits per heavy atom. The molecule has 8 nitrogen and oxygen atoms in total. The van der Waals surface area contributed by atoms with Crippen molar-refractivity contribution in [3.63, 3.8) is 0 Å². The molecule has 0 aliphatic rings. The van der Waals surface area contributed by atoms with E-state index in [2.05, 4.69) is 10.9 Å². The van der Waals surface area contributed by atoms with Crippen LogP contribution >= 0.6 is 11.3 Å². The molecule has 9 heteroatoms. The highest BCUT2D eigenvalue weighted by Gasteiger charge is 2.31. The van der Waals surface area contributed by atoms with E-state index >= 15 is 0 Å². The Kier molecular flexibility index (Phi) is 9.79. The number of aromatic nitrogens is 1. The molecule has 0 bridgehead atoms. The summed E-state index contributed by atoms with van der Waals surface area (Å²) >= 11 is 1.11. The molecule has 0 aliphatic heterocycles. The average molecular weight is 438 g/mol. The van der Waals surface area contributed by atoms with E-state index in [1.165, 1.54) is 10.3 Å². The van der Waals surface area contributed by atoms with E-state index < -0.39 is 18.2 Å². The Bertz CT molecular complexity index is 784. The highest BCUT2D eigenvalue weighted by molar-refractivity contribution is 7.09. The van der Waals surface area contributed by atoms with Crippen LogP contribution in [0.1, 0.15) is 61.6 Å². The van der Waals surface area contributed by atoms with Crippen molar-refractivity contribution in [1.82, 2.24) is 14.8 Å². The third kappa shape index (κ3) is 7.02. The quantitative estimate of drug-likeness (QED) is 0.562. The number of ether oxygens (including phenoxy) is 1. The maximum absolute atomic E-state index is 12.8. The van der Waals surface area contributed by atoms with Gasteiger partial charge in [-0.25, -0.2) is 14.6 Å². The molecule has 1 aromatic rings. The number of carboxylic acids is 1. The molecule has 1 heterocycles. The molecule has 0 fully saturated rings. The van der Waals surface area contributed by atoms with Gasteiger partial charge in [0.25, 0.3) is 0 Å². The van der Waals surface area contributed by atoms with Crippen molar-refractivity contribution in [2.24, 2.45) is 11.8 Å². The SMILES string of the molecule is C#C[C@@H](CC)CC(=O)N(C)[C@H](C[C@@H](OC(=O)N(C)C)c1nc(C(=O)O)cs1)C(C)C. The largest absolute Gasteiger partial charge is 0.476 e. The Labute approximate surface area is 182 Å². The van der Waals surface area contributed by atoms with E-state index in [4.69, 9.17) is 11.2 Å². The molecular weight excluding hydrogens is 406 g/mol. The van der Waals surface area contributed by atoms with Crippen LogP contribution in [-0.2, 0) is 9.53 Å². The first-order chi connectivity index (χ1) is 14.0. The van der Waals surface area contributed by atoms with Crippen molar-refractivity contribution in [1.29, 1.82) is 0 Å². The van der Waals surface area contributed by atoms with Gasteiger partial charge < -0.3 is 19.6 Å². The van der Waals surface area contributed by atoms with Gasteiger partial charge in [0.05, 0.1) is 0 Å². The molecule has 166 valence electrons. The summed E-state index contributed by atoms with van der Waals surface area (Å²) < 4.78 is 5.60. The van der Waals surface area contributed by atoms with E-state index in [1.54, 1.807) is 26.0 Å². The second-order valence-electron chi connectivity index (χ2n) is 7.67. The number of hydrogen-bond donors (Lipinski definition) is 1. The molecule has 0 aromatic carbocycles. The van der Waals surface area contributed by atoms with Crippen LogP contribution in [0.5, 0.6) is 0 Å². The van der Waals surface area contributed by atoms with E-state index in [0.29, 0.717) is 17.8 Å². The minimum atomic E-state index is -1.15. The maximum atomic E-state index is 12.8. The van der Waals surface area contributed by atoms with E-state index in [9.17, 15) is 19.5 Å². The third-order valence-electron chi connectivity index (χ3n) is 4.89. The Hall–Kier alpha value is -2.60. The Morgan fingerprint density at radius 2 is 1.93 bits per heavy atom. The zero-order valence-electron chi connectivity index (χ0n) is 18.4. The van der Waals surface area contributed by atoms with Crippen LogP contribution in [0.3, 0.4) is 0 Å². The minimum absolute atomic E-state index is 0.0596. The summed E-state index contributed by atoms with van der Waals surface area (Å²) in [6.45, 7) is 5.89. The van der Waals surface area contributed by atoms with E-state index in [0.717, 1.165) is 11.3 Å². The fourth-order valence-corrected chi connectivity index (χ4v) is 3.75. The van der Waals surface area contributed by atoms with Crippen molar-refractivity contribution in [2.45, 2.75) is 52.2 Å². The van der Waals surface area contributed by atoms with Gasteiger partial charge in [0.15, 0.2) is 11.8 Å². The highest BCUT2D eigenvalue weighted by Crippen LogP contribution is 2.31. The number of hydrogen-bond acceptors (Lipinski definition) is 6. The van der Waals surface area contributed by atoms with Crippen molar-refractivity contribution in [3.05, 3.63) is 16.1 Å². The number of amides is 2. The lowest BCUT2D eigenvalue weighted by atomic mass is 9.95. The molecule has 0 spiro atoms. The molecule has 1 aromatic heterocycles. The van der Waals surface area contributed by atoms with Crippen molar-refractivity contribution in [3.8, 4) is 12.3 Å². The molecule has 0 aliphatic carbocycles. The maximum Gasteiger partial charge on any atom is 0.409 e. The predicted octanol–water partition coefficient (Wildman–Crippen LogP) is 3.50. The zero-order chi connectivity index (χ0) is 23.0. The normalized spacial score (nSPS) is 13.8. The molecule has 0 saturated carbocycles. The van der Waals surface area contributed by atoms with Gasteiger partial charge in [-0.15, -0.1) is 23.7 Å². The monoisotopic (exact) mass is 437 g/mol. The average Bonchev–Trinajstić information content (AvgIpc) is 3.18. The molecule has 1 rings (SSSR count). The number of thiazole rings is 1. The fourth-order valence-electron chi connectivity index (χ4n) is 2.92. The van der Waals surface area contributed by atoms with Gasteiger partial charge in [0.2, 0.25) is 5.91 Å². The second kappa shape index (κ2) is 11.6. The number of terminal acetylenes is 1. The highest BCUT2D eigenvalue weighted by atomic mass is 32.1. The Balaban J connectivity index is 3.14. The molecule has 0 radical (unpaired) electrons. The molecule has 2 amide bonds. The summed E-state index contributed by atoms with van der Waals surface area (Å²) in [5.74, 6) is 1.33. The summed E-state index contributed by atoms with van der Waals surface area (Å²) in [4.78, 5) is 43.2. The van der Waals surface area contributed by atoms with Crippen LogP contribution in [-0.4, -0.2) is 65.0 Å². The molecule has 0 unspecified atom stereocenters. The van der Waals surface area contributed by atoms with Gasteiger partial charge in [0, 0.05) is 51.3 Å². The first-order valence-corrected chi connectivity index (χ1v) is 10.7. The standard InChI is InChI=1S/C21H31N3O5S/c1-8-14(9-2)10-18(25)24(7)16(13(3)4)11-17(29-21(28)23(5)6)19-22-15(12-30-19)20(26)27/h1,12-14,16-17H,9-11H2,2-7H3,(H,26,27)/t14-,16+,17+/m0/s1. The lowest BCUT2D eigenvalue weighted by Crippen LogP contribution is -2.42. The van der Waals surface area contributed by atoms with Crippen LogP contribution in [0, 0.1) is 24.2 Å².